The van der Waals surface area contributed by atoms with Gasteiger partial charge in [-0.15, -0.1) is 0 Å². The Morgan fingerprint density at radius 3 is 1.03 bits per heavy atom. The lowest BCUT2D eigenvalue weighted by molar-refractivity contribution is -0.0617. The number of ether oxygens (including phenoxy) is 2. The Morgan fingerprint density at radius 1 is 0.379 bits per heavy atom. The molecule has 0 spiro atoms. The Labute approximate surface area is 340 Å². The first-order valence-electron chi connectivity index (χ1n) is 20.7. The standard InChI is InChI=1S/2C27H21NO/c2*28-19-25-18-10-9-17-24(25)26(20-11-3-1-4-12-20)22-15-7-8-16-23(22)27(25,29-26)21-13-5-2-6-14-21/h2*1-8,11-17H,9-10,18H2/t2*25-,26-,27+/m11/s1. The molecular weight excluding hydrogens is 709 g/mol. The van der Waals surface area contributed by atoms with Crippen molar-refractivity contribution in [2.24, 2.45) is 10.8 Å². The molecule has 4 nitrogen and oxygen atoms in total. The van der Waals surface area contributed by atoms with Crippen LogP contribution >= 0.6 is 0 Å². The Kier molecular flexibility index (Phi) is 7.58. The largest absolute Gasteiger partial charge is 0.343 e. The molecule has 6 aliphatic rings. The van der Waals surface area contributed by atoms with E-state index in [1.165, 1.54) is 11.1 Å². The van der Waals surface area contributed by atoms with Crippen LogP contribution in [-0.2, 0) is 31.9 Å². The minimum atomic E-state index is -0.790. The van der Waals surface area contributed by atoms with Gasteiger partial charge in [-0.25, -0.2) is 0 Å². The lowest BCUT2D eigenvalue weighted by Gasteiger charge is -2.44. The molecule has 12 rings (SSSR count). The molecule has 6 atom stereocenters. The summed E-state index contributed by atoms with van der Waals surface area (Å²) in [7, 11) is 0. The third-order valence-corrected chi connectivity index (χ3v) is 14.2. The topological polar surface area (TPSA) is 66.0 Å². The molecule has 4 bridgehead atoms. The van der Waals surface area contributed by atoms with Gasteiger partial charge >= 0.3 is 0 Å². The first-order chi connectivity index (χ1) is 28.6. The molecule has 0 saturated carbocycles. The molecule has 2 aliphatic carbocycles. The van der Waals surface area contributed by atoms with E-state index in [-0.39, 0.29) is 0 Å². The summed E-state index contributed by atoms with van der Waals surface area (Å²) in [6, 6.07) is 64.2. The minimum Gasteiger partial charge on any atom is -0.343 e. The van der Waals surface area contributed by atoms with Gasteiger partial charge in [0.2, 0.25) is 0 Å². The second kappa shape index (κ2) is 12.6. The summed E-state index contributed by atoms with van der Waals surface area (Å²) in [4.78, 5) is 0. The van der Waals surface area contributed by atoms with Gasteiger partial charge < -0.3 is 9.47 Å². The van der Waals surface area contributed by atoms with Gasteiger partial charge in [-0.1, -0.05) is 182 Å². The average molecular weight is 751 g/mol. The fourth-order valence-corrected chi connectivity index (χ4v) is 12.1. The summed E-state index contributed by atoms with van der Waals surface area (Å²) in [6.45, 7) is 0. The Morgan fingerprint density at radius 2 is 0.690 bits per heavy atom. The summed E-state index contributed by atoms with van der Waals surface area (Å²) in [5.74, 6) is 0. The number of rotatable bonds is 4. The van der Waals surface area contributed by atoms with Crippen molar-refractivity contribution in [2.45, 2.75) is 60.9 Å². The number of nitrogens with zero attached hydrogens (tertiary/aromatic N) is 2. The Bertz CT molecular complexity index is 2540. The highest BCUT2D eigenvalue weighted by molar-refractivity contribution is 5.70. The lowest BCUT2D eigenvalue weighted by Crippen LogP contribution is -2.46. The molecule has 58 heavy (non-hydrogen) atoms. The summed E-state index contributed by atoms with van der Waals surface area (Å²) in [5, 5.41) is 21.4. The van der Waals surface area contributed by atoms with E-state index < -0.39 is 33.2 Å². The zero-order valence-corrected chi connectivity index (χ0v) is 32.3. The molecule has 0 aromatic heterocycles. The second-order valence-electron chi connectivity index (χ2n) is 16.5. The lowest BCUT2D eigenvalue weighted by atomic mass is 9.52. The first-order valence-corrected chi connectivity index (χ1v) is 20.7. The van der Waals surface area contributed by atoms with Crippen LogP contribution in [0.2, 0.25) is 0 Å². The number of benzene rings is 6. The zero-order chi connectivity index (χ0) is 39.1. The van der Waals surface area contributed by atoms with Gasteiger partial charge in [-0.2, -0.15) is 10.5 Å². The number of hydrogen-bond donors (Lipinski definition) is 0. The van der Waals surface area contributed by atoms with Crippen LogP contribution in [0, 0.1) is 33.5 Å². The third kappa shape index (κ3) is 4.00. The number of nitriles is 2. The first kappa shape index (κ1) is 34.9. The van der Waals surface area contributed by atoms with E-state index in [4.69, 9.17) is 9.47 Å². The van der Waals surface area contributed by atoms with Gasteiger partial charge in [0.15, 0.2) is 0 Å². The zero-order valence-electron chi connectivity index (χ0n) is 32.3. The highest BCUT2D eigenvalue weighted by Crippen LogP contribution is 2.76. The summed E-state index contributed by atoms with van der Waals surface area (Å²) >= 11 is 0. The monoisotopic (exact) mass is 750 g/mol. The quantitative estimate of drug-likeness (QED) is 0.168. The normalized spacial score (nSPS) is 31.5. The fraction of sp³-hybridized carbons (Fsp3) is 0.222. The molecule has 0 radical (unpaired) electrons. The van der Waals surface area contributed by atoms with Crippen molar-refractivity contribution in [2.75, 3.05) is 0 Å². The van der Waals surface area contributed by atoms with Gasteiger partial charge in [0.1, 0.15) is 33.2 Å². The number of hydrogen-bond acceptors (Lipinski definition) is 4. The molecule has 4 heteroatoms. The van der Waals surface area contributed by atoms with E-state index >= 15 is 0 Å². The van der Waals surface area contributed by atoms with Gasteiger partial charge in [0.25, 0.3) is 0 Å². The fourth-order valence-electron chi connectivity index (χ4n) is 12.1. The third-order valence-electron chi connectivity index (χ3n) is 14.2. The van der Waals surface area contributed by atoms with Gasteiger partial charge in [-0.05, 0) is 94.2 Å². The molecule has 280 valence electrons. The second-order valence-corrected chi connectivity index (χ2v) is 16.5. The van der Waals surface area contributed by atoms with Crippen LogP contribution in [0.5, 0.6) is 0 Å². The van der Waals surface area contributed by atoms with E-state index in [1.807, 2.05) is 48.5 Å². The molecule has 0 unspecified atom stereocenters. The molecule has 6 aromatic rings. The average Bonchev–Trinajstić information content (AvgIpc) is 4.00. The van der Waals surface area contributed by atoms with Crippen LogP contribution in [0.4, 0.5) is 0 Å². The van der Waals surface area contributed by atoms with Gasteiger partial charge in [0.05, 0.1) is 12.1 Å². The van der Waals surface area contributed by atoms with E-state index in [1.54, 1.807) is 0 Å². The maximum Gasteiger partial charge on any atom is 0.143 e. The van der Waals surface area contributed by atoms with Gasteiger partial charge in [-0.3, -0.25) is 0 Å². The van der Waals surface area contributed by atoms with E-state index in [0.29, 0.717) is 0 Å². The van der Waals surface area contributed by atoms with Crippen LogP contribution in [-0.4, -0.2) is 0 Å². The van der Waals surface area contributed by atoms with Crippen molar-refractivity contribution in [3.63, 3.8) is 0 Å². The molecule has 4 heterocycles. The maximum atomic E-state index is 10.7. The van der Waals surface area contributed by atoms with Gasteiger partial charge in [0, 0.05) is 0 Å². The van der Waals surface area contributed by atoms with E-state index in [2.05, 4.69) is 146 Å². The summed E-state index contributed by atoms with van der Waals surface area (Å²) < 4.78 is 14.5. The van der Waals surface area contributed by atoms with E-state index in [9.17, 15) is 10.5 Å². The van der Waals surface area contributed by atoms with Crippen molar-refractivity contribution in [1.29, 1.82) is 10.5 Å². The molecule has 2 fully saturated rings. The van der Waals surface area contributed by atoms with Crippen LogP contribution in [0.25, 0.3) is 0 Å². The van der Waals surface area contributed by atoms with Crippen molar-refractivity contribution in [3.05, 3.63) is 238 Å². The summed E-state index contributed by atoms with van der Waals surface area (Å²) in [5.41, 5.74) is 6.85. The highest BCUT2D eigenvalue weighted by Gasteiger charge is 2.77. The predicted octanol–water partition coefficient (Wildman–Crippen LogP) is 11.7. The van der Waals surface area contributed by atoms with Crippen LogP contribution < -0.4 is 0 Å². The van der Waals surface area contributed by atoms with Crippen LogP contribution in [0.15, 0.2) is 193 Å². The molecule has 0 N–H and O–H groups in total. The smallest absolute Gasteiger partial charge is 0.143 e. The van der Waals surface area contributed by atoms with Crippen molar-refractivity contribution < 1.29 is 9.47 Å². The Balaban J connectivity index is 0.000000133. The Hall–Kier alpha value is -6.30. The molecular formula is C54H42N2O2. The molecule has 4 aliphatic heterocycles. The van der Waals surface area contributed by atoms with Crippen molar-refractivity contribution >= 4 is 0 Å². The van der Waals surface area contributed by atoms with Crippen LogP contribution in [0.3, 0.4) is 0 Å². The molecule has 0 amide bonds. The van der Waals surface area contributed by atoms with E-state index in [0.717, 1.165) is 83.1 Å². The van der Waals surface area contributed by atoms with Crippen molar-refractivity contribution in [1.82, 2.24) is 0 Å². The minimum absolute atomic E-state index is 0.698. The molecule has 2 saturated heterocycles. The van der Waals surface area contributed by atoms with Crippen LogP contribution in [0.1, 0.15) is 83.0 Å². The number of allylic oxidation sites excluding steroid dienone is 2. The number of fused-ring (bicyclic) bond motifs is 16. The maximum absolute atomic E-state index is 10.7. The predicted molar refractivity (Wildman–Crippen MR) is 224 cm³/mol. The highest BCUT2D eigenvalue weighted by atomic mass is 16.5. The SMILES string of the molecule is N#C[C@]12CCCC=C1[C@]1(c3ccccc3)O[C@@]2(c2ccccc2)c2ccccc21.N#C[C@]12CCCC=C1[C@]1(c3ccccc3)O[C@@]2(c2ccccc2)c2ccccc21. The molecule has 6 aromatic carbocycles. The van der Waals surface area contributed by atoms with Crippen molar-refractivity contribution in [3.8, 4) is 12.1 Å². The summed E-state index contributed by atoms with van der Waals surface area (Å²) in [6.07, 6.45) is 10.2.